The molecule has 1 aliphatic heterocycles. The number of fused-ring (bicyclic) bond motifs is 1. The van der Waals surface area contributed by atoms with Gasteiger partial charge in [0.25, 0.3) is 0 Å². The van der Waals surface area contributed by atoms with E-state index in [1.165, 1.54) is 12.0 Å². The zero-order chi connectivity index (χ0) is 12.3. The summed E-state index contributed by atoms with van der Waals surface area (Å²) in [5.74, 6) is 2.05. The molecular formula is C14H22N2O. The summed E-state index contributed by atoms with van der Waals surface area (Å²) in [5, 5.41) is 3.18. The maximum absolute atomic E-state index is 10.7. The minimum Gasteiger partial charge on any atom is -0.340 e. The number of rotatable bonds is 0. The summed E-state index contributed by atoms with van der Waals surface area (Å²) >= 11 is 0. The predicted octanol–water partition coefficient (Wildman–Crippen LogP) is 1.58. The molecule has 2 fully saturated rings. The average molecular weight is 234 g/mol. The number of piperazine rings is 1. The molecule has 0 spiro atoms. The van der Waals surface area contributed by atoms with Crippen molar-refractivity contribution in [3.8, 4) is 0 Å². The molecule has 94 valence electrons. The van der Waals surface area contributed by atoms with Crippen LogP contribution in [0.5, 0.6) is 0 Å². The number of carbonyl (C=O) groups excluding carboxylic acids is 1. The van der Waals surface area contributed by atoms with E-state index in [1.54, 1.807) is 6.92 Å². The Labute approximate surface area is 104 Å². The second-order valence-corrected chi connectivity index (χ2v) is 5.09. The van der Waals surface area contributed by atoms with Gasteiger partial charge in [-0.3, -0.25) is 4.79 Å². The highest BCUT2D eigenvalue weighted by atomic mass is 16.2. The molecule has 0 aromatic carbocycles. The number of allylic oxidation sites excluding steroid dienone is 4. The van der Waals surface area contributed by atoms with E-state index in [0.29, 0.717) is 0 Å². The molecule has 2 atom stereocenters. The number of hydrogen-bond acceptors (Lipinski definition) is 2. The van der Waals surface area contributed by atoms with Crippen LogP contribution in [0.15, 0.2) is 23.8 Å². The SMILES string of the molecule is CC(=O)N1CCNCC1.CC1=CC2CC2C=C1. The Hall–Kier alpha value is -1.09. The van der Waals surface area contributed by atoms with Gasteiger partial charge in [-0.2, -0.15) is 0 Å². The molecule has 3 nitrogen and oxygen atoms in total. The third-order valence-electron chi connectivity index (χ3n) is 3.54. The van der Waals surface area contributed by atoms with Gasteiger partial charge in [-0.25, -0.2) is 0 Å². The fraction of sp³-hybridized carbons (Fsp3) is 0.643. The van der Waals surface area contributed by atoms with E-state index in [2.05, 4.69) is 30.5 Å². The van der Waals surface area contributed by atoms with E-state index in [1.807, 2.05) is 4.90 Å². The van der Waals surface area contributed by atoms with Gasteiger partial charge in [-0.15, -0.1) is 0 Å². The summed E-state index contributed by atoms with van der Waals surface area (Å²) in [6.07, 6.45) is 8.35. The fourth-order valence-corrected chi connectivity index (χ4v) is 2.30. The van der Waals surface area contributed by atoms with Crippen LogP contribution in [0.4, 0.5) is 0 Å². The number of carbonyl (C=O) groups is 1. The van der Waals surface area contributed by atoms with Crippen LogP contribution in [-0.2, 0) is 4.79 Å². The molecule has 1 saturated heterocycles. The van der Waals surface area contributed by atoms with Crippen LogP contribution in [0.3, 0.4) is 0 Å². The molecule has 3 heteroatoms. The van der Waals surface area contributed by atoms with Crippen LogP contribution in [-0.4, -0.2) is 37.0 Å². The van der Waals surface area contributed by atoms with Crippen molar-refractivity contribution in [2.45, 2.75) is 20.3 Å². The van der Waals surface area contributed by atoms with Crippen LogP contribution < -0.4 is 5.32 Å². The zero-order valence-corrected chi connectivity index (χ0v) is 10.8. The number of hydrogen-bond donors (Lipinski definition) is 1. The van der Waals surface area contributed by atoms with E-state index in [-0.39, 0.29) is 5.91 Å². The van der Waals surface area contributed by atoms with Crippen molar-refractivity contribution in [2.24, 2.45) is 11.8 Å². The third kappa shape index (κ3) is 3.70. The predicted molar refractivity (Wildman–Crippen MR) is 69.6 cm³/mol. The number of nitrogens with one attached hydrogen (secondary N) is 1. The smallest absolute Gasteiger partial charge is 0.219 e. The lowest BCUT2D eigenvalue weighted by molar-refractivity contribution is -0.129. The first-order valence-corrected chi connectivity index (χ1v) is 6.49. The largest absolute Gasteiger partial charge is 0.340 e. The standard InChI is InChI=1S/C8H10.C6H12N2O/c1-6-2-3-7-5-8(7)4-6;1-6(9)8-4-2-7-3-5-8/h2-4,7-8H,5H2,1H3;7H,2-5H2,1H3. The summed E-state index contributed by atoms with van der Waals surface area (Å²) in [4.78, 5) is 12.6. The van der Waals surface area contributed by atoms with Crippen LogP contribution in [0, 0.1) is 11.8 Å². The Bertz CT molecular complexity index is 340. The molecular weight excluding hydrogens is 212 g/mol. The summed E-state index contributed by atoms with van der Waals surface area (Å²) < 4.78 is 0. The quantitative estimate of drug-likeness (QED) is 0.690. The Morgan fingerprint density at radius 1 is 1.35 bits per heavy atom. The second-order valence-electron chi connectivity index (χ2n) is 5.09. The van der Waals surface area contributed by atoms with Gasteiger partial charge >= 0.3 is 0 Å². The highest BCUT2D eigenvalue weighted by molar-refractivity contribution is 5.73. The van der Waals surface area contributed by atoms with E-state index in [0.717, 1.165) is 38.0 Å². The minimum atomic E-state index is 0.191. The lowest BCUT2D eigenvalue weighted by Gasteiger charge is -2.25. The zero-order valence-electron chi connectivity index (χ0n) is 10.8. The van der Waals surface area contributed by atoms with Crippen LogP contribution in [0.1, 0.15) is 20.3 Å². The van der Waals surface area contributed by atoms with Gasteiger partial charge in [0.1, 0.15) is 0 Å². The van der Waals surface area contributed by atoms with Crippen molar-refractivity contribution >= 4 is 5.91 Å². The fourth-order valence-electron chi connectivity index (χ4n) is 2.30. The molecule has 1 heterocycles. The summed E-state index contributed by atoms with van der Waals surface area (Å²) in [7, 11) is 0. The monoisotopic (exact) mass is 234 g/mol. The van der Waals surface area contributed by atoms with Gasteiger partial charge in [0.15, 0.2) is 0 Å². The number of nitrogens with zero attached hydrogens (tertiary/aromatic N) is 1. The Kier molecular flexibility index (Phi) is 4.00. The molecule has 0 aromatic heterocycles. The topological polar surface area (TPSA) is 32.3 Å². The lowest BCUT2D eigenvalue weighted by atomic mass is 10.1. The Morgan fingerprint density at radius 3 is 2.53 bits per heavy atom. The maximum Gasteiger partial charge on any atom is 0.219 e. The molecule has 2 unspecified atom stereocenters. The molecule has 1 saturated carbocycles. The number of amides is 1. The minimum absolute atomic E-state index is 0.191. The van der Waals surface area contributed by atoms with Gasteiger partial charge in [-0.05, 0) is 25.2 Å². The van der Waals surface area contributed by atoms with E-state index in [4.69, 9.17) is 0 Å². The first kappa shape index (κ1) is 12.4. The molecule has 3 aliphatic rings. The lowest BCUT2D eigenvalue weighted by Crippen LogP contribution is -2.45. The molecule has 0 aromatic rings. The normalized spacial score (nSPS) is 29.8. The van der Waals surface area contributed by atoms with Crippen molar-refractivity contribution < 1.29 is 4.79 Å². The van der Waals surface area contributed by atoms with Gasteiger partial charge in [-0.1, -0.05) is 23.8 Å². The first-order valence-electron chi connectivity index (χ1n) is 6.49. The molecule has 0 bridgehead atoms. The Morgan fingerprint density at radius 2 is 2.06 bits per heavy atom. The van der Waals surface area contributed by atoms with Crippen LogP contribution in [0.25, 0.3) is 0 Å². The average Bonchev–Trinajstić information content (AvgIpc) is 3.09. The Balaban J connectivity index is 0.000000127. The molecule has 0 radical (unpaired) electrons. The van der Waals surface area contributed by atoms with Crippen molar-refractivity contribution in [1.29, 1.82) is 0 Å². The third-order valence-corrected chi connectivity index (χ3v) is 3.54. The van der Waals surface area contributed by atoms with Gasteiger partial charge in [0.05, 0.1) is 0 Å². The molecule has 2 aliphatic carbocycles. The van der Waals surface area contributed by atoms with Gasteiger partial charge < -0.3 is 10.2 Å². The summed E-state index contributed by atoms with van der Waals surface area (Å²) in [5.41, 5.74) is 1.45. The summed E-state index contributed by atoms with van der Waals surface area (Å²) in [6.45, 7) is 7.42. The molecule has 1 N–H and O–H groups in total. The maximum atomic E-state index is 10.7. The second kappa shape index (κ2) is 5.50. The van der Waals surface area contributed by atoms with Gasteiger partial charge in [0, 0.05) is 33.1 Å². The van der Waals surface area contributed by atoms with E-state index >= 15 is 0 Å². The van der Waals surface area contributed by atoms with Crippen LogP contribution >= 0.6 is 0 Å². The van der Waals surface area contributed by atoms with E-state index < -0.39 is 0 Å². The molecule has 3 rings (SSSR count). The van der Waals surface area contributed by atoms with Crippen molar-refractivity contribution in [2.75, 3.05) is 26.2 Å². The molecule has 17 heavy (non-hydrogen) atoms. The van der Waals surface area contributed by atoms with Crippen LogP contribution in [0.2, 0.25) is 0 Å². The van der Waals surface area contributed by atoms with Gasteiger partial charge in [0.2, 0.25) is 5.91 Å². The van der Waals surface area contributed by atoms with E-state index in [9.17, 15) is 4.79 Å². The van der Waals surface area contributed by atoms with Crippen molar-refractivity contribution in [1.82, 2.24) is 10.2 Å². The van der Waals surface area contributed by atoms with Crippen molar-refractivity contribution in [3.05, 3.63) is 23.8 Å². The highest BCUT2D eigenvalue weighted by Gasteiger charge is 2.33. The highest BCUT2D eigenvalue weighted by Crippen LogP contribution is 2.43. The van der Waals surface area contributed by atoms with Crippen molar-refractivity contribution in [3.63, 3.8) is 0 Å². The summed E-state index contributed by atoms with van der Waals surface area (Å²) in [6, 6.07) is 0. The first-order chi connectivity index (χ1) is 8.16. The molecule has 1 amide bonds.